The molecule has 3 aromatic rings. The highest BCUT2D eigenvalue weighted by atomic mass is 32.2. The molecule has 0 fully saturated rings. The van der Waals surface area contributed by atoms with Crippen LogP contribution < -0.4 is 14.8 Å². The number of anilines is 1. The van der Waals surface area contributed by atoms with Crippen LogP contribution in [0.15, 0.2) is 71.6 Å². The van der Waals surface area contributed by atoms with Gasteiger partial charge in [-0.3, -0.25) is 4.79 Å². The van der Waals surface area contributed by atoms with Crippen molar-refractivity contribution in [2.24, 2.45) is 0 Å². The second-order valence-electron chi connectivity index (χ2n) is 6.54. The van der Waals surface area contributed by atoms with Crippen molar-refractivity contribution in [2.45, 2.75) is 25.3 Å². The van der Waals surface area contributed by atoms with Crippen LogP contribution in [-0.2, 0) is 6.61 Å². The van der Waals surface area contributed by atoms with E-state index >= 15 is 0 Å². The smallest absolute Gasteiger partial charge is 0.255 e. The Bertz CT molecular complexity index is 970. The minimum absolute atomic E-state index is 0.164. The third-order valence-corrected chi connectivity index (χ3v) is 5.09. The van der Waals surface area contributed by atoms with Gasteiger partial charge in [0, 0.05) is 21.7 Å². The van der Waals surface area contributed by atoms with Crippen molar-refractivity contribution in [2.75, 3.05) is 18.2 Å². The number of carbonyl (C=O) groups is 1. The van der Waals surface area contributed by atoms with Crippen molar-refractivity contribution in [1.82, 2.24) is 0 Å². The number of benzene rings is 3. The van der Waals surface area contributed by atoms with E-state index in [1.54, 1.807) is 17.8 Å². The highest BCUT2D eigenvalue weighted by Gasteiger charge is 2.12. The van der Waals surface area contributed by atoms with Crippen LogP contribution in [0.5, 0.6) is 11.5 Å². The molecule has 0 heterocycles. The maximum absolute atomic E-state index is 12.7. The number of hydrogen-bond acceptors (Lipinski definition) is 4. The van der Waals surface area contributed by atoms with Crippen LogP contribution >= 0.6 is 11.8 Å². The summed E-state index contributed by atoms with van der Waals surface area (Å²) in [5.41, 5.74) is 3.34. The molecule has 0 aliphatic rings. The predicted octanol–water partition coefficient (Wildman–Crippen LogP) is 5.95. The number of ether oxygens (including phenoxy) is 2. The fourth-order valence-electron chi connectivity index (χ4n) is 2.83. The fraction of sp³-hybridized carbons (Fsp3) is 0.208. The number of thioether (sulfide) groups is 1. The summed E-state index contributed by atoms with van der Waals surface area (Å²) in [6.45, 7) is 4.84. The van der Waals surface area contributed by atoms with E-state index in [1.165, 1.54) is 5.56 Å². The summed E-state index contributed by atoms with van der Waals surface area (Å²) in [6, 6.07) is 21.1. The van der Waals surface area contributed by atoms with Crippen LogP contribution in [0.2, 0.25) is 0 Å². The van der Waals surface area contributed by atoms with Gasteiger partial charge >= 0.3 is 0 Å². The van der Waals surface area contributed by atoms with Crippen LogP contribution in [0.25, 0.3) is 0 Å². The Balaban J connectivity index is 1.77. The quantitative estimate of drug-likeness (QED) is 0.469. The second-order valence-corrected chi connectivity index (χ2v) is 7.42. The summed E-state index contributed by atoms with van der Waals surface area (Å²) in [5, 5.41) is 2.96. The largest absolute Gasteiger partial charge is 0.493 e. The molecule has 150 valence electrons. The molecule has 29 heavy (non-hydrogen) atoms. The van der Waals surface area contributed by atoms with Gasteiger partial charge in [0.25, 0.3) is 5.91 Å². The first-order valence-electron chi connectivity index (χ1n) is 9.49. The van der Waals surface area contributed by atoms with Gasteiger partial charge in [0.15, 0.2) is 0 Å². The van der Waals surface area contributed by atoms with Crippen molar-refractivity contribution in [3.63, 3.8) is 0 Å². The Labute approximate surface area is 176 Å². The molecule has 0 aliphatic heterocycles. The number of carbonyl (C=O) groups excluding carboxylic acids is 1. The number of rotatable bonds is 8. The first kappa shape index (κ1) is 20.8. The van der Waals surface area contributed by atoms with Gasteiger partial charge in [-0.05, 0) is 68.6 Å². The molecule has 0 bridgehead atoms. The van der Waals surface area contributed by atoms with E-state index in [0.717, 1.165) is 27.6 Å². The average Bonchev–Trinajstić information content (AvgIpc) is 2.74. The van der Waals surface area contributed by atoms with Gasteiger partial charge in [-0.15, -0.1) is 11.8 Å². The molecule has 5 heteroatoms. The zero-order chi connectivity index (χ0) is 20.6. The van der Waals surface area contributed by atoms with Crippen LogP contribution in [0.1, 0.15) is 28.4 Å². The zero-order valence-corrected chi connectivity index (χ0v) is 17.7. The van der Waals surface area contributed by atoms with E-state index in [9.17, 15) is 4.79 Å². The van der Waals surface area contributed by atoms with Gasteiger partial charge in [-0.25, -0.2) is 0 Å². The Hall–Kier alpha value is -2.92. The highest BCUT2D eigenvalue weighted by molar-refractivity contribution is 7.98. The van der Waals surface area contributed by atoms with Gasteiger partial charge in [-0.2, -0.15) is 0 Å². The minimum atomic E-state index is -0.164. The fourth-order valence-corrected chi connectivity index (χ4v) is 3.29. The molecule has 0 aromatic heterocycles. The van der Waals surface area contributed by atoms with Crippen LogP contribution in [-0.4, -0.2) is 18.8 Å². The summed E-state index contributed by atoms with van der Waals surface area (Å²) in [6.07, 6.45) is 2.01. The number of amides is 1. The molecule has 0 atom stereocenters. The summed E-state index contributed by atoms with van der Waals surface area (Å²) >= 11 is 1.64. The topological polar surface area (TPSA) is 47.6 Å². The lowest BCUT2D eigenvalue weighted by Gasteiger charge is -2.14. The summed E-state index contributed by atoms with van der Waals surface area (Å²) in [4.78, 5) is 13.8. The van der Waals surface area contributed by atoms with E-state index < -0.39 is 0 Å². The second kappa shape index (κ2) is 10.0. The SMILES string of the molecule is CCOc1ccc(C(=O)Nc2cccc(SC)c2)cc1COc1ccc(C)cc1. The van der Waals surface area contributed by atoms with Gasteiger partial charge in [0.05, 0.1) is 6.61 Å². The monoisotopic (exact) mass is 407 g/mol. The van der Waals surface area contributed by atoms with E-state index in [-0.39, 0.29) is 5.91 Å². The first-order chi connectivity index (χ1) is 14.1. The van der Waals surface area contributed by atoms with Gasteiger partial charge < -0.3 is 14.8 Å². The maximum atomic E-state index is 12.7. The molecular formula is C24H25NO3S. The number of nitrogens with one attached hydrogen (secondary N) is 1. The van der Waals surface area contributed by atoms with Gasteiger partial charge in [0.2, 0.25) is 0 Å². The Morgan fingerprint density at radius 1 is 1.00 bits per heavy atom. The Morgan fingerprint density at radius 3 is 2.52 bits per heavy atom. The van der Waals surface area contributed by atoms with E-state index in [0.29, 0.717) is 18.8 Å². The van der Waals surface area contributed by atoms with Crippen molar-refractivity contribution in [1.29, 1.82) is 0 Å². The van der Waals surface area contributed by atoms with Gasteiger partial charge in [0.1, 0.15) is 18.1 Å². The molecule has 0 saturated carbocycles. The Morgan fingerprint density at radius 2 is 1.79 bits per heavy atom. The van der Waals surface area contributed by atoms with Crippen molar-refractivity contribution in [3.05, 3.63) is 83.4 Å². The van der Waals surface area contributed by atoms with Crippen LogP contribution in [0.4, 0.5) is 5.69 Å². The van der Waals surface area contributed by atoms with Crippen molar-refractivity contribution >= 4 is 23.4 Å². The van der Waals surface area contributed by atoms with Gasteiger partial charge in [-0.1, -0.05) is 23.8 Å². The number of aryl methyl sites for hydroxylation is 1. The Kier molecular flexibility index (Phi) is 7.19. The summed E-state index contributed by atoms with van der Waals surface area (Å²) < 4.78 is 11.6. The summed E-state index contributed by atoms with van der Waals surface area (Å²) in [7, 11) is 0. The molecular weight excluding hydrogens is 382 g/mol. The molecule has 0 saturated heterocycles. The average molecular weight is 408 g/mol. The molecule has 0 aliphatic carbocycles. The van der Waals surface area contributed by atoms with E-state index in [4.69, 9.17) is 9.47 Å². The van der Waals surface area contributed by atoms with E-state index in [2.05, 4.69) is 5.32 Å². The third kappa shape index (κ3) is 5.78. The molecule has 1 N–H and O–H groups in total. The highest BCUT2D eigenvalue weighted by Crippen LogP contribution is 2.24. The van der Waals surface area contributed by atoms with Crippen LogP contribution in [0, 0.1) is 6.92 Å². The maximum Gasteiger partial charge on any atom is 0.255 e. The lowest BCUT2D eigenvalue weighted by molar-refractivity contribution is 0.102. The van der Waals surface area contributed by atoms with Crippen molar-refractivity contribution < 1.29 is 14.3 Å². The minimum Gasteiger partial charge on any atom is -0.493 e. The molecule has 3 rings (SSSR count). The van der Waals surface area contributed by atoms with E-state index in [1.807, 2.05) is 80.8 Å². The lowest BCUT2D eigenvalue weighted by Crippen LogP contribution is -2.13. The van der Waals surface area contributed by atoms with Crippen molar-refractivity contribution in [3.8, 4) is 11.5 Å². The normalized spacial score (nSPS) is 10.4. The van der Waals surface area contributed by atoms with Crippen LogP contribution in [0.3, 0.4) is 0 Å². The summed E-state index contributed by atoms with van der Waals surface area (Å²) in [5.74, 6) is 1.34. The predicted molar refractivity (Wildman–Crippen MR) is 119 cm³/mol. The molecule has 0 radical (unpaired) electrons. The standard InChI is InChI=1S/C24H25NO3S/c1-4-27-23-13-10-18(24(26)25-20-6-5-7-22(15-20)29-3)14-19(23)16-28-21-11-8-17(2)9-12-21/h5-15H,4,16H2,1-3H3,(H,25,26). The molecule has 1 amide bonds. The third-order valence-electron chi connectivity index (χ3n) is 4.37. The molecule has 0 unspecified atom stereocenters. The first-order valence-corrected chi connectivity index (χ1v) is 10.7. The molecule has 3 aromatic carbocycles. The molecule has 0 spiro atoms. The molecule has 4 nitrogen and oxygen atoms in total. The lowest BCUT2D eigenvalue weighted by atomic mass is 10.1. The zero-order valence-electron chi connectivity index (χ0n) is 16.9. The number of hydrogen-bond donors (Lipinski definition) is 1.